The molecule has 0 unspecified atom stereocenters. The molecule has 88 heavy (non-hydrogen) atoms. The standard InChI is InChI=1S/C64H94FN3O20/c1-47(2)85-38-35-82-32-29-79-26-23-77-21-19-76-20-22-78-24-27-80-30-33-83-36-39-86-58-12-10-52(44-59(58)87-40-37-84-34-31-81-28-25-75-18-17-74-16-15-73-14-13-72-8)66-62(69)56-45-54-55(46-68(7)63(70)60(54)67-56)53-43-50(64(5,6)71)9-11-57(53)88-61-48(3)41-51(65)42-49(61)4/h9-12,41-47,67,71H,13-40H2,1-8H3,(H,66,69). The van der Waals surface area contributed by atoms with E-state index in [1.807, 2.05) is 13.8 Å². The molecule has 0 aliphatic carbocycles. The fourth-order valence-corrected chi connectivity index (χ4v) is 8.37. The number of methoxy groups -OCH3 is 1. The van der Waals surface area contributed by atoms with Gasteiger partial charge in [0.05, 0.1) is 183 Å². The van der Waals surface area contributed by atoms with Crippen LogP contribution in [0.4, 0.5) is 10.1 Å². The first kappa shape index (κ1) is 73.1. The highest BCUT2D eigenvalue weighted by atomic mass is 19.1. The van der Waals surface area contributed by atoms with Gasteiger partial charge in [-0.3, -0.25) is 9.59 Å². The molecular formula is C64H94FN3O20. The summed E-state index contributed by atoms with van der Waals surface area (Å²) in [6, 6.07) is 14.6. The first-order valence-corrected chi connectivity index (χ1v) is 29.9. The highest BCUT2D eigenvalue weighted by Gasteiger charge is 2.24. The zero-order chi connectivity index (χ0) is 63.2. The van der Waals surface area contributed by atoms with Gasteiger partial charge in [-0.1, -0.05) is 6.07 Å². The summed E-state index contributed by atoms with van der Waals surface area (Å²) in [5.74, 6) is 0.651. The van der Waals surface area contributed by atoms with Gasteiger partial charge in [0.25, 0.3) is 11.5 Å². The quantitative estimate of drug-likeness (QED) is 0.0318. The fourth-order valence-electron chi connectivity index (χ4n) is 8.37. The third kappa shape index (κ3) is 28.0. The van der Waals surface area contributed by atoms with Crippen molar-refractivity contribution in [3.8, 4) is 34.1 Å². The van der Waals surface area contributed by atoms with Gasteiger partial charge in [0.2, 0.25) is 0 Å². The second kappa shape index (κ2) is 42.4. The molecule has 1 amide bonds. The Morgan fingerprint density at radius 2 is 0.977 bits per heavy atom. The van der Waals surface area contributed by atoms with Crippen molar-refractivity contribution < 1.29 is 94.8 Å². The lowest BCUT2D eigenvalue weighted by molar-refractivity contribution is -0.0259. The summed E-state index contributed by atoms with van der Waals surface area (Å²) in [6.45, 7) is 22.5. The number of nitrogens with one attached hydrogen (secondary N) is 2. The van der Waals surface area contributed by atoms with Crippen molar-refractivity contribution in [3.63, 3.8) is 0 Å². The maximum Gasteiger partial charge on any atom is 0.274 e. The third-order valence-electron chi connectivity index (χ3n) is 12.8. The van der Waals surface area contributed by atoms with E-state index in [2.05, 4.69) is 10.3 Å². The molecular weight excluding hydrogens is 1150 g/mol. The fraction of sp³-hybridized carbons (Fsp3) is 0.594. The van der Waals surface area contributed by atoms with E-state index in [0.29, 0.717) is 220 Å². The van der Waals surface area contributed by atoms with E-state index in [4.69, 9.17) is 80.5 Å². The summed E-state index contributed by atoms with van der Waals surface area (Å²) in [5, 5.41) is 14.5. The number of halogens is 1. The summed E-state index contributed by atoms with van der Waals surface area (Å²) < 4.78 is 112. The van der Waals surface area contributed by atoms with Crippen molar-refractivity contribution in [2.45, 2.75) is 53.2 Å². The molecule has 5 rings (SSSR count). The molecule has 0 bridgehead atoms. The number of nitrogens with zero attached hydrogens (tertiary/aromatic N) is 1. The van der Waals surface area contributed by atoms with E-state index < -0.39 is 11.5 Å². The number of carbonyl (C=O) groups excluding carboxylic acids is 1. The number of aromatic nitrogens is 2. The highest BCUT2D eigenvalue weighted by molar-refractivity contribution is 6.08. The van der Waals surface area contributed by atoms with Gasteiger partial charge >= 0.3 is 0 Å². The SMILES string of the molecule is COCCOCCOCCOCCOCCOCCOc1cc(NC(=O)c2cc3c(-c4cc(C(C)(C)O)ccc4Oc4c(C)cc(F)cc4C)cn(C)c(=O)c3[nH]2)ccc1OCCOCCOCCOCCOCCOCCOCCOCCOC(C)C. The molecule has 0 atom stereocenters. The summed E-state index contributed by atoms with van der Waals surface area (Å²) in [4.78, 5) is 30.9. The summed E-state index contributed by atoms with van der Waals surface area (Å²) in [7, 11) is 3.23. The number of carbonyl (C=O) groups is 1. The Kier molecular flexibility index (Phi) is 35.2. The minimum atomic E-state index is -1.24. The maximum absolute atomic E-state index is 14.4. The number of anilines is 1. The van der Waals surface area contributed by atoms with E-state index in [1.54, 1.807) is 90.5 Å². The van der Waals surface area contributed by atoms with Crippen LogP contribution < -0.4 is 25.1 Å². The first-order chi connectivity index (χ1) is 42.7. The number of fused-ring (bicyclic) bond motifs is 1. The highest BCUT2D eigenvalue weighted by Crippen LogP contribution is 2.41. The number of H-pyrrole nitrogens is 1. The molecule has 5 aromatic rings. The van der Waals surface area contributed by atoms with Crippen molar-refractivity contribution in [2.75, 3.05) is 197 Å². The molecule has 3 aromatic carbocycles. The van der Waals surface area contributed by atoms with Crippen LogP contribution in [0.25, 0.3) is 22.0 Å². The predicted octanol–water partition coefficient (Wildman–Crippen LogP) is 7.59. The molecule has 0 radical (unpaired) electrons. The van der Waals surface area contributed by atoms with Gasteiger partial charge in [-0.15, -0.1) is 0 Å². The number of hydrogen-bond donors (Lipinski definition) is 3. The summed E-state index contributed by atoms with van der Waals surface area (Å²) >= 11 is 0. The van der Waals surface area contributed by atoms with Crippen LogP contribution in [0.15, 0.2) is 65.6 Å². The molecule has 0 aliphatic heterocycles. The van der Waals surface area contributed by atoms with Crippen LogP contribution in [0.3, 0.4) is 0 Å². The molecule has 2 aromatic heterocycles. The molecule has 0 spiro atoms. The smallest absolute Gasteiger partial charge is 0.274 e. The normalized spacial score (nSPS) is 11.8. The number of aryl methyl sites for hydroxylation is 3. The predicted molar refractivity (Wildman–Crippen MR) is 328 cm³/mol. The van der Waals surface area contributed by atoms with E-state index in [1.165, 1.54) is 16.7 Å². The Labute approximate surface area is 516 Å². The number of ether oxygens (including phenoxy) is 17. The Hall–Kier alpha value is -5.65. The molecule has 23 nitrogen and oxygen atoms in total. The minimum absolute atomic E-state index is 0.0945. The molecule has 0 fully saturated rings. The third-order valence-corrected chi connectivity index (χ3v) is 12.8. The number of benzene rings is 3. The molecule has 24 heteroatoms. The van der Waals surface area contributed by atoms with Gasteiger partial charge in [0, 0.05) is 48.6 Å². The molecule has 0 saturated carbocycles. The van der Waals surface area contributed by atoms with Gasteiger partial charge < -0.3 is 101 Å². The van der Waals surface area contributed by atoms with Crippen molar-refractivity contribution in [2.24, 2.45) is 7.05 Å². The zero-order valence-corrected chi connectivity index (χ0v) is 52.7. The number of pyridine rings is 1. The van der Waals surface area contributed by atoms with Crippen LogP contribution in [0.5, 0.6) is 23.0 Å². The van der Waals surface area contributed by atoms with Crippen LogP contribution in [0, 0.1) is 19.7 Å². The number of aromatic amines is 1. The molecule has 0 aliphatic rings. The average Bonchev–Trinajstić information content (AvgIpc) is 2.83. The van der Waals surface area contributed by atoms with Crippen LogP contribution >= 0.6 is 0 Å². The lowest BCUT2D eigenvalue weighted by atomic mass is 9.93. The molecule has 2 heterocycles. The lowest BCUT2D eigenvalue weighted by Crippen LogP contribution is -2.18. The number of hydrogen-bond acceptors (Lipinski definition) is 20. The average molecular weight is 1240 g/mol. The van der Waals surface area contributed by atoms with Gasteiger partial charge in [-0.2, -0.15) is 0 Å². The van der Waals surface area contributed by atoms with Gasteiger partial charge in [-0.05, 0) is 101 Å². The Morgan fingerprint density at radius 3 is 1.42 bits per heavy atom. The van der Waals surface area contributed by atoms with Crippen LogP contribution in [-0.4, -0.2) is 219 Å². The molecule has 492 valence electrons. The van der Waals surface area contributed by atoms with Crippen molar-refractivity contribution in [1.82, 2.24) is 9.55 Å². The number of aliphatic hydroxyl groups is 1. The Morgan fingerprint density at radius 1 is 0.557 bits per heavy atom. The van der Waals surface area contributed by atoms with E-state index in [0.717, 1.165) is 0 Å². The van der Waals surface area contributed by atoms with Crippen molar-refractivity contribution in [1.29, 1.82) is 0 Å². The van der Waals surface area contributed by atoms with Gasteiger partial charge in [0.1, 0.15) is 41.7 Å². The monoisotopic (exact) mass is 1240 g/mol. The van der Waals surface area contributed by atoms with E-state index in [-0.39, 0.29) is 55.1 Å². The molecule has 0 saturated heterocycles. The summed E-state index contributed by atoms with van der Waals surface area (Å²) in [6.07, 6.45) is 1.85. The summed E-state index contributed by atoms with van der Waals surface area (Å²) in [5.41, 5.74) is 1.82. The van der Waals surface area contributed by atoms with Gasteiger partial charge in [0.15, 0.2) is 11.5 Å². The van der Waals surface area contributed by atoms with Crippen LogP contribution in [-0.2, 0) is 79.0 Å². The van der Waals surface area contributed by atoms with E-state index >= 15 is 0 Å². The van der Waals surface area contributed by atoms with Crippen LogP contribution in [0.2, 0.25) is 0 Å². The van der Waals surface area contributed by atoms with Gasteiger partial charge in [-0.25, -0.2) is 4.39 Å². The van der Waals surface area contributed by atoms with Crippen molar-refractivity contribution in [3.05, 3.63) is 99.3 Å². The number of rotatable bonds is 51. The van der Waals surface area contributed by atoms with Crippen molar-refractivity contribution >= 4 is 22.5 Å². The maximum atomic E-state index is 14.4. The Balaban J connectivity index is 1.09. The second-order valence-electron chi connectivity index (χ2n) is 20.7. The largest absolute Gasteiger partial charge is 0.487 e. The Bertz CT molecular complexity index is 2780. The second-order valence-corrected chi connectivity index (χ2v) is 20.7. The molecule has 3 N–H and O–H groups in total. The lowest BCUT2D eigenvalue weighted by Gasteiger charge is -2.22. The topological polar surface area (TPSA) is 244 Å². The van der Waals surface area contributed by atoms with Crippen LogP contribution in [0.1, 0.15) is 54.9 Å². The zero-order valence-electron chi connectivity index (χ0n) is 52.7. The number of amides is 1. The minimum Gasteiger partial charge on any atom is -0.487 e. The van der Waals surface area contributed by atoms with E-state index in [9.17, 15) is 19.1 Å². The first-order valence-electron chi connectivity index (χ1n) is 29.9.